The number of hydrogen-bond acceptors (Lipinski definition) is 6. The largest absolute Gasteiger partial charge is 0.497 e. The third kappa shape index (κ3) is 3.19. The molecule has 0 bridgehead atoms. The van der Waals surface area contributed by atoms with Crippen LogP contribution in [0.3, 0.4) is 0 Å². The number of nitrogens with one attached hydrogen (secondary N) is 2. The van der Waals surface area contributed by atoms with E-state index in [4.69, 9.17) is 9.15 Å². The minimum Gasteiger partial charge on any atom is -0.497 e. The molecule has 3 rings (SSSR count). The first-order chi connectivity index (χ1) is 11.1. The molecule has 1 aromatic heterocycles. The van der Waals surface area contributed by atoms with E-state index in [1.165, 1.54) is 6.07 Å². The second kappa shape index (κ2) is 6.13. The fourth-order valence-corrected chi connectivity index (χ4v) is 2.18. The fraction of sp³-hybridized carbons (Fsp3) is 0.250. The molecule has 1 aliphatic carbocycles. The van der Waals surface area contributed by atoms with Crippen LogP contribution < -0.4 is 21.2 Å². The van der Waals surface area contributed by atoms with Crippen LogP contribution in [-0.4, -0.2) is 24.3 Å². The second-order valence-electron chi connectivity index (χ2n) is 5.27. The smallest absolute Gasteiger partial charge is 0.351 e. The lowest BCUT2D eigenvalue weighted by Gasteiger charge is -2.09. The van der Waals surface area contributed by atoms with Gasteiger partial charge in [0.2, 0.25) is 0 Å². The average molecular weight is 316 g/mol. The molecule has 1 heterocycles. The van der Waals surface area contributed by atoms with E-state index in [0.717, 1.165) is 12.8 Å². The number of amides is 1. The van der Waals surface area contributed by atoms with Crippen LogP contribution >= 0.6 is 0 Å². The molecule has 120 valence electrons. The van der Waals surface area contributed by atoms with E-state index in [1.807, 2.05) is 5.48 Å². The molecular formula is C16H16N2O5. The molecule has 2 aromatic rings. The van der Waals surface area contributed by atoms with Crippen molar-refractivity contribution in [1.82, 2.24) is 5.32 Å². The average Bonchev–Trinajstić information content (AvgIpc) is 3.37. The summed E-state index contributed by atoms with van der Waals surface area (Å²) in [5, 5.41) is 12.0. The van der Waals surface area contributed by atoms with E-state index in [-0.39, 0.29) is 23.1 Å². The Morgan fingerprint density at radius 2 is 2.00 bits per heavy atom. The van der Waals surface area contributed by atoms with Crippen molar-refractivity contribution in [2.75, 3.05) is 12.6 Å². The van der Waals surface area contributed by atoms with Gasteiger partial charge in [0.05, 0.1) is 12.8 Å². The number of benzene rings is 1. The lowest BCUT2D eigenvalue weighted by Crippen LogP contribution is -2.31. The highest BCUT2D eigenvalue weighted by Crippen LogP contribution is 2.26. The molecule has 1 aromatic carbocycles. The van der Waals surface area contributed by atoms with Gasteiger partial charge in [-0.15, -0.1) is 0 Å². The first kappa shape index (κ1) is 15.1. The van der Waals surface area contributed by atoms with Crippen LogP contribution in [0.5, 0.6) is 5.75 Å². The van der Waals surface area contributed by atoms with Gasteiger partial charge in [0.1, 0.15) is 11.5 Å². The molecule has 7 heteroatoms. The molecule has 0 unspecified atom stereocenters. The van der Waals surface area contributed by atoms with Crippen LogP contribution in [-0.2, 0) is 0 Å². The summed E-state index contributed by atoms with van der Waals surface area (Å²) in [5.41, 5.74) is 1.47. The quantitative estimate of drug-likeness (QED) is 0.730. The van der Waals surface area contributed by atoms with Crippen molar-refractivity contribution in [3.63, 3.8) is 0 Å². The molecule has 0 aliphatic heterocycles. The van der Waals surface area contributed by atoms with Gasteiger partial charge in [-0.2, -0.15) is 0 Å². The van der Waals surface area contributed by atoms with E-state index < -0.39 is 11.5 Å². The molecule has 3 N–H and O–H groups in total. The Morgan fingerprint density at radius 1 is 1.30 bits per heavy atom. The first-order valence-electron chi connectivity index (χ1n) is 7.16. The molecule has 23 heavy (non-hydrogen) atoms. The number of hydrogen-bond donors (Lipinski definition) is 3. The minimum absolute atomic E-state index is 0.00483. The van der Waals surface area contributed by atoms with Gasteiger partial charge >= 0.3 is 5.63 Å². The molecule has 0 spiro atoms. The summed E-state index contributed by atoms with van der Waals surface area (Å²) in [5.74, 6) is 0.341. The molecule has 1 fully saturated rings. The van der Waals surface area contributed by atoms with Gasteiger partial charge in [-0.1, -0.05) is 0 Å². The van der Waals surface area contributed by atoms with E-state index in [0.29, 0.717) is 11.3 Å². The van der Waals surface area contributed by atoms with Gasteiger partial charge in [0, 0.05) is 17.7 Å². The van der Waals surface area contributed by atoms with E-state index in [9.17, 15) is 14.8 Å². The lowest BCUT2D eigenvalue weighted by molar-refractivity contribution is 0.0947. The maximum absolute atomic E-state index is 12.2. The van der Waals surface area contributed by atoms with Crippen LogP contribution in [0.25, 0.3) is 11.3 Å². The Bertz CT molecular complexity index is 778. The summed E-state index contributed by atoms with van der Waals surface area (Å²) in [6.45, 7) is 0. The minimum atomic E-state index is -0.812. The molecule has 0 atom stereocenters. The zero-order chi connectivity index (χ0) is 16.4. The predicted octanol–water partition coefficient (Wildman–Crippen LogP) is 2.01. The first-order valence-corrected chi connectivity index (χ1v) is 7.16. The van der Waals surface area contributed by atoms with E-state index >= 15 is 0 Å². The Kier molecular flexibility index (Phi) is 4.03. The maximum Gasteiger partial charge on any atom is 0.351 e. The highest BCUT2D eigenvalue weighted by atomic mass is 16.5. The van der Waals surface area contributed by atoms with Gasteiger partial charge < -0.3 is 14.5 Å². The summed E-state index contributed by atoms with van der Waals surface area (Å²) in [7, 11) is 1.55. The Labute approximate surface area is 131 Å². The summed E-state index contributed by atoms with van der Waals surface area (Å²) < 4.78 is 10.3. The molecule has 1 saturated carbocycles. The van der Waals surface area contributed by atoms with Crippen LogP contribution in [0.15, 0.2) is 39.5 Å². The topological polar surface area (TPSA) is 101 Å². The zero-order valence-electron chi connectivity index (χ0n) is 12.5. The Balaban J connectivity index is 1.98. The van der Waals surface area contributed by atoms with Gasteiger partial charge in [-0.05, 0) is 37.1 Å². The van der Waals surface area contributed by atoms with Gasteiger partial charge in [0.25, 0.3) is 5.91 Å². The normalized spacial score (nSPS) is 13.5. The molecule has 0 radical (unpaired) electrons. The van der Waals surface area contributed by atoms with Crippen molar-refractivity contribution in [3.8, 4) is 17.1 Å². The van der Waals surface area contributed by atoms with Crippen LogP contribution in [0, 0.1) is 0 Å². The summed E-state index contributed by atoms with van der Waals surface area (Å²) >= 11 is 0. The number of anilines is 1. The highest BCUT2D eigenvalue weighted by Gasteiger charge is 2.27. The van der Waals surface area contributed by atoms with Crippen molar-refractivity contribution >= 4 is 11.6 Å². The number of methoxy groups -OCH3 is 1. The fourth-order valence-electron chi connectivity index (χ4n) is 2.18. The van der Waals surface area contributed by atoms with Crippen LogP contribution in [0.1, 0.15) is 23.2 Å². The Morgan fingerprint density at radius 3 is 2.57 bits per heavy atom. The second-order valence-corrected chi connectivity index (χ2v) is 5.27. The summed E-state index contributed by atoms with van der Waals surface area (Å²) in [6, 6.07) is 8.36. The van der Waals surface area contributed by atoms with Crippen LogP contribution in [0.4, 0.5) is 5.69 Å². The monoisotopic (exact) mass is 316 g/mol. The standard InChI is InChI=1S/C16H16N2O5/c1-22-11-6-2-9(3-7-11)13-8-12(18-21)14(16(20)23-13)15(19)17-10-4-5-10/h2-3,6-8,10,18,21H,4-5H2,1H3,(H,17,19). The van der Waals surface area contributed by atoms with E-state index in [1.54, 1.807) is 31.4 Å². The number of carbonyl (C=O) groups is 1. The zero-order valence-corrected chi connectivity index (χ0v) is 12.5. The third-order valence-corrected chi connectivity index (χ3v) is 3.59. The van der Waals surface area contributed by atoms with E-state index in [2.05, 4.69) is 5.32 Å². The lowest BCUT2D eigenvalue weighted by atomic mass is 10.1. The molecule has 0 saturated heterocycles. The summed E-state index contributed by atoms with van der Waals surface area (Å²) in [6.07, 6.45) is 1.78. The number of carbonyl (C=O) groups excluding carboxylic acids is 1. The highest BCUT2D eigenvalue weighted by molar-refractivity contribution is 5.99. The Hall–Kier alpha value is -2.80. The van der Waals surface area contributed by atoms with Crippen molar-refractivity contribution < 1.29 is 19.2 Å². The maximum atomic E-state index is 12.2. The van der Waals surface area contributed by atoms with Crippen molar-refractivity contribution in [1.29, 1.82) is 0 Å². The molecule has 1 amide bonds. The third-order valence-electron chi connectivity index (χ3n) is 3.59. The summed E-state index contributed by atoms with van der Waals surface area (Å²) in [4.78, 5) is 24.2. The van der Waals surface area contributed by atoms with Crippen molar-refractivity contribution in [3.05, 3.63) is 46.3 Å². The molecule has 7 nitrogen and oxygen atoms in total. The number of ether oxygens (including phenoxy) is 1. The van der Waals surface area contributed by atoms with Crippen molar-refractivity contribution in [2.24, 2.45) is 0 Å². The predicted molar refractivity (Wildman–Crippen MR) is 82.9 cm³/mol. The molecular weight excluding hydrogens is 300 g/mol. The van der Waals surface area contributed by atoms with Crippen molar-refractivity contribution in [2.45, 2.75) is 18.9 Å². The SMILES string of the molecule is COc1ccc(-c2cc(NO)c(C(=O)NC3CC3)c(=O)o2)cc1. The van der Waals surface area contributed by atoms with Gasteiger partial charge in [-0.25, -0.2) is 4.79 Å². The number of rotatable bonds is 5. The molecule has 1 aliphatic rings. The van der Waals surface area contributed by atoms with Gasteiger partial charge in [0.15, 0.2) is 5.56 Å². The van der Waals surface area contributed by atoms with Gasteiger partial charge in [-0.3, -0.25) is 15.5 Å². The van der Waals surface area contributed by atoms with Crippen LogP contribution in [0.2, 0.25) is 0 Å².